The van der Waals surface area contributed by atoms with Crippen LogP contribution in [0.1, 0.15) is 44.9 Å². The van der Waals surface area contributed by atoms with Crippen LogP contribution in [-0.2, 0) is 6.42 Å². The number of aryl methyl sites for hydroxylation is 1. The van der Waals surface area contributed by atoms with E-state index in [0.29, 0.717) is 12.6 Å². The van der Waals surface area contributed by atoms with Crippen molar-refractivity contribution in [2.75, 3.05) is 18.0 Å². The maximum atomic E-state index is 11.7. The van der Waals surface area contributed by atoms with E-state index in [0.717, 1.165) is 24.6 Å². The van der Waals surface area contributed by atoms with E-state index in [1.807, 2.05) is 6.92 Å². The first kappa shape index (κ1) is 14.1. The van der Waals surface area contributed by atoms with Gasteiger partial charge in [-0.2, -0.15) is 0 Å². The van der Waals surface area contributed by atoms with Crippen molar-refractivity contribution in [2.45, 2.75) is 51.5 Å². The summed E-state index contributed by atoms with van der Waals surface area (Å²) in [5.74, 6) is 1.54. The van der Waals surface area contributed by atoms with E-state index in [-0.39, 0.29) is 5.56 Å². The van der Waals surface area contributed by atoms with Gasteiger partial charge in [-0.1, -0.05) is 26.2 Å². The van der Waals surface area contributed by atoms with Gasteiger partial charge in [-0.25, -0.2) is 4.98 Å². The Balaban J connectivity index is 2.26. The molecule has 0 amide bonds. The third-order valence-electron chi connectivity index (χ3n) is 3.79. The molecule has 0 atom stereocenters. The Morgan fingerprint density at radius 1 is 1.42 bits per heavy atom. The molecule has 0 bridgehead atoms. The highest BCUT2D eigenvalue weighted by Gasteiger charge is 2.22. The number of nitrogens with zero attached hydrogens (tertiary/aromatic N) is 2. The predicted molar refractivity (Wildman–Crippen MR) is 77.5 cm³/mol. The van der Waals surface area contributed by atoms with Gasteiger partial charge in [-0.3, -0.25) is 4.79 Å². The summed E-state index contributed by atoms with van der Waals surface area (Å²) in [4.78, 5) is 21.3. The minimum absolute atomic E-state index is 0.0697. The van der Waals surface area contributed by atoms with Gasteiger partial charge in [0.25, 0.3) is 5.56 Å². The molecule has 0 aromatic carbocycles. The first-order valence-corrected chi connectivity index (χ1v) is 7.31. The molecular weight excluding hydrogens is 240 g/mol. The van der Waals surface area contributed by atoms with Crippen LogP contribution in [0.3, 0.4) is 0 Å². The van der Waals surface area contributed by atoms with E-state index in [1.54, 1.807) is 6.07 Å². The summed E-state index contributed by atoms with van der Waals surface area (Å²) in [5, 5.41) is 0. The predicted octanol–water partition coefficient (Wildman–Crippen LogP) is 1.43. The second-order valence-corrected chi connectivity index (χ2v) is 5.18. The van der Waals surface area contributed by atoms with E-state index >= 15 is 0 Å². The van der Waals surface area contributed by atoms with Gasteiger partial charge in [-0.05, 0) is 12.8 Å². The van der Waals surface area contributed by atoms with Crippen LogP contribution >= 0.6 is 0 Å². The van der Waals surface area contributed by atoms with Gasteiger partial charge in [0.05, 0.1) is 0 Å². The SMILES string of the molecule is CCc1nc(N(CCN)C2CCCCC2)cc(=O)[nH]1. The zero-order chi connectivity index (χ0) is 13.7. The number of rotatable bonds is 5. The van der Waals surface area contributed by atoms with Gasteiger partial charge in [0.2, 0.25) is 0 Å². The maximum absolute atomic E-state index is 11.7. The van der Waals surface area contributed by atoms with Crippen molar-refractivity contribution in [2.24, 2.45) is 5.73 Å². The normalized spacial score (nSPS) is 16.5. The molecule has 1 aliphatic carbocycles. The molecule has 1 aromatic rings. The molecule has 0 spiro atoms. The molecule has 1 aromatic heterocycles. The zero-order valence-electron chi connectivity index (χ0n) is 11.7. The number of nitrogens with two attached hydrogens (primary N) is 1. The van der Waals surface area contributed by atoms with Crippen molar-refractivity contribution in [1.82, 2.24) is 9.97 Å². The smallest absolute Gasteiger partial charge is 0.252 e. The van der Waals surface area contributed by atoms with Crippen molar-refractivity contribution in [3.63, 3.8) is 0 Å². The Morgan fingerprint density at radius 2 is 2.16 bits per heavy atom. The summed E-state index contributed by atoms with van der Waals surface area (Å²) >= 11 is 0. The molecule has 0 saturated heterocycles. The molecule has 0 radical (unpaired) electrons. The Morgan fingerprint density at radius 3 is 2.79 bits per heavy atom. The Labute approximate surface area is 114 Å². The molecule has 5 nitrogen and oxygen atoms in total. The molecule has 1 aliphatic rings. The molecule has 0 aliphatic heterocycles. The number of aromatic amines is 1. The molecule has 1 heterocycles. The standard InChI is InChI=1S/C14H24N4O/c1-2-12-16-13(10-14(19)17-12)18(9-8-15)11-6-4-3-5-7-11/h10-11H,2-9,15H2,1H3,(H,16,17,19). The molecule has 1 fully saturated rings. The third-order valence-corrected chi connectivity index (χ3v) is 3.79. The Bertz CT molecular complexity index is 451. The third kappa shape index (κ3) is 3.56. The fraction of sp³-hybridized carbons (Fsp3) is 0.714. The van der Waals surface area contributed by atoms with E-state index in [4.69, 9.17) is 5.73 Å². The molecule has 5 heteroatoms. The van der Waals surface area contributed by atoms with Gasteiger partial charge in [0, 0.05) is 31.6 Å². The van der Waals surface area contributed by atoms with Crippen LogP contribution in [0.2, 0.25) is 0 Å². The summed E-state index contributed by atoms with van der Waals surface area (Å²) in [6.45, 7) is 3.35. The van der Waals surface area contributed by atoms with Gasteiger partial charge in [0.15, 0.2) is 0 Å². The second kappa shape index (κ2) is 6.70. The van der Waals surface area contributed by atoms with Gasteiger partial charge in [0.1, 0.15) is 11.6 Å². The van der Waals surface area contributed by atoms with E-state index in [9.17, 15) is 4.79 Å². The highest BCUT2D eigenvalue weighted by Crippen LogP contribution is 2.25. The Hall–Kier alpha value is -1.36. The summed E-state index contributed by atoms with van der Waals surface area (Å²) in [5.41, 5.74) is 5.66. The molecular formula is C14H24N4O. The minimum Gasteiger partial charge on any atom is -0.352 e. The van der Waals surface area contributed by atoms with E-state index < -0.39 is 0 Å². The summed E-state index contributed by atoms with van der Waals surface area (Å²) in [6, 6.07) is 2.08. The fourth-order valence-corrected chi connectivity index (χ4v) is 2.82. The lowest BCUT2D eigenvalue weighted by atomic mass is 9.94. The summed E-state index contributed by atoms with van der Waals surface area (Å²) < 4.78 is 0. The average Bonchev–Trinajstić information content (AvgIpc) is 2.45. The molecule has 0 unspecified atom stereocenters. The topological polar surface area (TPSA) is 75.0 Å². The van der Waals surface area contributed by atoms with Crippen LogP contribution in [0.25, 0.3) is 0 Å². The number of nitrogens with one attached hydrogen (secondary N) is 1. The lowest BCUT2D eigenvalue weighted by Crippen LogP contribution is -2.41. The second-order valence-electron chi connectivity index (χ2n) is 5.18. The maximum Gasteiger partial charge on any atom is 0.252 e. The molecule has 19 heavy (non-hydrogen) atoms. The highest BCUT2D eigenvalue weighted by atomic mass is 16.1. The highest BCUT2D eigenvalue weighted by molar-refractivity contribution is 5.39. The number of hydrogen-bond acceptors (Lipinski definition) is 4. The monoisotopic (exact) mass is 264 g/mol. The van der Waals surface area contributed by atoms with Crippen LogP contribution < -0.4 is 16.2 Å². The van der Waals surface area contributed by atoms with Gasteiger partial charge < -0.3 is 15.6 Å². The van der Waals surface area contributed by atoms with Crippen LogP contribution in [0, 0.1) is 0 Å². The number of hydrogen-bond donors (Lipinski definition) is 2. The van der Waals surface area contributed by atoms with Gasteiger partial charge >= 0.3 is 0 Å². The zero-order valence-corrected chi connectivity index (χ0v) is 11.7. The molecule has 3 N–H and O–H groups in total. The van der Waals surface area contributed by atoms with Crippen molar-refractivity contribution >= 4 is 5.82 Å². The Kier molecular flexibility index (Phi) is 4.96. The lowest BCUT2D eigenvalue weighted by molar-refractivity contribution is 0.413. The number of anilines is 1. The summed E-state index contributed by atoms with van der Waals surface area (Å²) in [7, 11) is 0. The molecule has 2 rings (SSSR count). The fourth-order valence-electron chi connectivity index (χ4n) is 2.82. The minimum atomic E-state index is -0.0697. The van der Waals surface area contributed by atoms with Crippen LogP contribution in [0.15, 0.2) is 10.9 Å². The van der Waals surface area contributed by atoms with Crippen molar-refractivity contribution in [3.8, 4) is 0 Å². The molecule has 106 valence electrons. The quantitative estimate of drug-likeness (QED) is 0.843. The van der Waals surface area contributed by atoms with Crippen molar-refractivity contribution in [1.29, 1.82) is 0 Å². The first-order chi connectivity index (χ1) is 9.24. The van der Waals surface area contributed by atoms with E-state index in [2.05, 4.69) is 14.9 Å². The van der Waals surface area contributed by atoms with Crippen molar-refractivity contribution in [3.05, 3.63) is 22.2 Å². The largest absolute Gasteiger partial charge is 0.352 e. The summed E-state index contributed by atoms with van der Waals surface area (Å²) in [6.07, 6.45) is 6.93. The molecule has 1 saturated carbocycles. The van der Waals surface area contributed by atoms with Crippen molar-refractivity contribution < 1.29 is 0 Å². The van der Waals surface area contributed by atoms with Crippen LogP contribution in [0.5, 0.6) is 0 Å². The number of H-pyrrole nitrogens is 1. The van der Waals surface area contributed by atoms with Crippen LogP contribution in [0.4, 0.5) is 5.82 Å². The van der Waals surface area contributed by atoms with Crippen LogP contribution in [-0.4, -0.2) is 29.1 Å². The number of aromatic nitrogens is 2. The van der Waals surface area contributed by atoms with E-state index in [1.165, 1.54) is 32.1 Å². The van der Waals surface area contributed by atoms with Gasteiger partial charge in [-0.15, -0.1) is 0 Å². The first-order valence-electron chi connectivity index (χ1n) is 7.31. The lowest BCUT2D eigenvalue weighted by Gasteiger charge is -2.35. The average molecular weight is 264 g/mol.